The van der Waals surface area contributed by atoms with Crippen LogP contribution in [0.25, 0.3) is 16.5 Å². The highest BCUT2D eigenvalue weighted by Gasteiger charge is 2.18. The van der Waals surface area contributed by atoms with E-state index in [0.717, 1.165) is 29.3 Å². The smallest absolute Gasteiger partial charge is 0.250 e. The van der Waals surface area contributed by atoms with Crippen molar-refractivity contribution in [2.75, 3.05) is 0 Å². The molecule has 92 valence electrons. The van der Waals surface area contributed by atoms with Crippen LogP contribution in [-0.4, -0.2) is 16.9 Å². The predicted molar refractivity (Wildman–Crippen MR) is 72.0 cm³/mol. The minimum atomic E-state index is -0.411. The summed E-state index contributed by atoms with van der Waals surface area (Å²) in [4.78, 5) is 14.5. The van der Waals surface area contributed by atoms with E-state index in [1.165, 1.54) is 5.57 Å². The number of fused-ring (bicyclic) bond motifs is 1. The number of hydrogen-bond acceptors (Lipinski definition) is 2. The summed E-state index contributed by atoms with van der Waals surface area (Å²) in [5.41, 5.74) is 15.0. The zero-order valence-electron chi connectivity index (χ0n) is 9.94. The molecule has 1 aromatic heterocycles. The number of nitrogens with one attached hydrogen (secondary N) is 1. The molecule has 0 radical (unpaired) electrons. The van der Waals surface area contributed by atoms with Crippen LogP contribution >= 0.6 is 0 Å². The van der Waals surface area contributed by atoms with Gasteiger partial charge in [-0.2, -0.15) is 0 Å². The summed E-state index contributed by atoms with van der Waals surface area (Å²) >= 11 is 0. The topological polar surface area (TPSA) is 84.9 Å². The van der Waals surface area contributed by atoms with E-state index in [0.29, 0.717) is 5.56 Å². The van der Waals surface area contributed by atoms with Crippen molar-refractivity contribution < 1.29 is 4.79 Å². The standard InChI is InChI=1S/C14H15N3O/c15-9-2-1-8(7-9)10-3-4-12(14(16)18)13-11(10)5-6-17-13/h1,3-6,9,17H,2,7,15H2,(H2,16,18). The number of aromatic amines is 1. The van der Waals surface area contributed by atoms with Gasteiger partial charge >= 0.3 is 0 Å². The van der Waals surface area contributed by atoms with Crippen molar-refractivity contribution in [3.8, 4) is 0 Å². The Labute approximate surface area is 105 Å². The van der Waals surface area contributed by atoms with Crippen LogP contribution in [-0.2, 0) is 0 Å². The third kappa shape index (κ3) is 1.62. The first kappa shape index (κ1) is 11.0. The number of nitrogens with two attached hydrogens (primary N) is 2. The summed E-state index contributed by atoms with van der Waals surface area (Å²) in [6.07, 6.45) is 5.81. The highest BCUT2D eigenvalue weighted by Crippen LogP contribution is 2.33. The number of benzene rings is 1. The molecule has 3 rings (SSSR count). The molecular formula is C14H15N3O. The normalized spacial score (nSPS) is 19.2. The lowest BCUT2D eigenvalue weighted by Crippen LogP contribution is -2.14. The van der Waals surface area contributed by atoms with Crippen LogP contribution in [0.2, 0.25) is 0 Å². The SMILES string of the molecule is NC(=O)c1ccc(C2=CCC(N)C2)c2cc[nH]c12. The summed E-state index contributed by atoms with van der Waals surface area (Å²) in [7, 11) is 0. The van der Waals surface area contributed by atoms with Gasteiger partial charge in [-0.05, 0) is 36.1 Å². The summed E-state index contributed by atoms with van der Waals surface area (Å²) in [5.74, 6) is -0.411. The second kappa shape index (κ2) is 3.99. The molecule has 18 heavy (non-hydrogen) atoms. The minimum Gasteiger partial charge on any atom is -0.366 e. The fourth-order valence-electron chi connectivity index (χ4n) is 2.60. The third-order valence-electron chi connectivity index (χ3n) is 3.48. The molecule has 0 spiro atoms. The Kier molecular flexibility index (Phi) is 2.45. The van der Waals surface area contributed by atoms with Crippen LogP contribution in [0.4, 0.5) is 0 Å². The highest BCUT2D eigenvalue weighted by atomic mass is 16.1. The van der Waals surface area contributed by atoms with Crippen molar-refractivity contribution in [1.82, 2.24) is 4.98 Å². The molecule has 4 nitrogen and oxygen atoms in total. The molecule has 0 saturated heterocycles. The van der Waals surface area contributed by atoms with Gasteiger partial charge in [0.15, 0.2) is 0 Å². The van der Waals surface area contributed by atoms with Gasteiger partial charge in [-0.15, -0.1) is 0 Å². The molecule has 1 unspecified atom stereocenters. The van der Waals surface area contributed by atoms with E-state index in [2.05, 4.69) is 11.1 Å². The molecule has 0 saturated carbocycles. The minimum absolute atomic E-state index is 0.213. The number of rotatable bonds is 2. The summed E-state index contributed by atoms with van der Waals surface area (Å²) in [6.45, 7) is 0. The molecule has 4 heteroatoms. The van der Waals surface area contributed by atoms with Crippen LogP contribution in [0.15, 0.2) is 30.5 Å². The van der Waals surface area contributed by atoms with Crippen molar-refractivity contribution in [2.45, 2.75) is 18.9 Å². The van der Waals surface area contributed by atoms with Gasteiger partial charge in [-0.1, -0.05) is 12.1 Å². The molecular weight excluding hydrogens is 226 g/mol. The fourth-order valence-corrected chi connectivity index (χ4v) is 2.60. The van der Waals surface area contributed by atoms with Crippen molar-refractivity contribution in [2.24, 2.45) is 11.5 Å². The molecule has 1 amide bonds. The molecule has 1 aromatic carbocycles. The molecule has 5 N–H and O–H groups in total. The third-order valence-corrected chi connectivity index (χ3v) is 3.48. The summed E-state index contributed by atoms with van der Waals surface area (Å²) in [6, 6.07) is 5.92. The van der Waals surface area contributed by atoms with E-state index in [-0.39, 0.29) is 6.04 Å². The van der Waals surface area contributed by atoms with Crippen LogP contribution in [0.5, 0.6) is 0 Å². The Hall–Kier alpha value is -2.07. The van der Waals surface area contributed by atoms with Crippen molar-refractivity contribution in [3.63, 3.8) is 0 Å². The summed E-state index contributed by atoms with van der Waals surface area (Å²) < 4.78 is 0. The van der Waals surface area contributed by atoms with Crippen LogP contribution in [0.3, 0.4) is 0 Å². The molecule has 1 aliphatic carbocycles. The molecule has 1 aliphatic rings. The lowest BCUT2D eigenvalue weighted by Gasteiger charge is -2.08. The van der Waals surface area contributed by atoms with Gasteiger partial charge in [0, 0.05) is 17.6 Å². The first-order valence-corrected chi connectivity index (χ1v) is 6.01. The molecule has 2 aromatic rings. The van der Waals surface area contributed by atoms with Gasteiger partial charge in [-0.25, -0.2) is 0 Å². The monoisotopic (exact) mass is 241 g/mol. The van der Waals surface area contributed by atoms with Crippen molar-refractivity contribution in [3.05, 3.63) is 41.6 Å². The van der Waals surface area contributed by atoms with Gasteiger partial charge in [0.25, 0.3) is 5.91 Å². The van der Waals surface area contributed by atoms with Crippen LogP contribution in [0, 0.1) is 0 Å². The van der Waals surface area contributed by atoms with Gasteiger partial charge < -0.3 is 16.5 Å². The second-order valence-corrected chi connectivity index (χ2v) is 4.72. The molecule has 1 heterocycles. The molecule has 0 bridgehead atoms. The Bertz CT molecular complexity index is 654. The Morgan fingerprint density at radius 3 is 2.83 bits per heavy atom. The zero-order valence-corrected chi connectivity index (χ0v) is 9.94. The lowest BCUT2D eigenvalue weighted by molar-refractivity contribution is 0.100. The Morgan fingerprint density at radius 2 is 2.17 bits per heavy atom. The average molecular weight is 241 g/mol. The number of aromatic nitrogens is 1. The van der Waals surface area contributed by atoms with Gasteiger partial charge in [0.05, 0.1) is 11.1 Å². The first-order valence-electron chi connectivity index (χ1n) is 6.01. The van der Waals surface area contributed by atoms with E-state index < -0.39 is 5.91 Å². The van der Waals surface area contributed by atoms with E-state index in [1.807, 2.05) is 18.3 Å². The van der Waals surface area contributed by atoms with Gasteiger partial charge in [0.1, 0.15) is 0 Å². The maximum atomic E-state index is 11.4. The van der Waals surface area contributed by atoms with E-state index in [1.54, 1.807) is 6.07 Å². The number of amides is 1. The summed E-state index contributed by atoms with van der Waals surface area (Å²) in [5, 5.41) is 1.03. The van der Waals surface area contributed by atoms with Crippen molar-refractivity contribution >= 4 is 22.4 Å². The zero-order chi connectivity index (χ0) is 12.7. The molecule has 0 aliphatic heterocycles. The van der Waals surface area contributed by atoms with Crippen LogP contribution in [0.1, 0.15) is 28.8 Å². The maximum absolute atomic E-state index is 11.4. The Morgan fingerprint density at radius 1 is 1.33 bits per heavy atom. The van der Waals surface area contributed by atoms with Crippen molar-refractivity contribution in [1.29, 1.82) is 0 Å². The number of primary amides is 1. The molecule has 0 fully saturated rings. The first-order chi connectivity index (χ1) is 8.66. The van der Waals surface area contributed by atoms with E-state index >= 15 is 0 Å². The number of hydrogen-bond donors (Lipinski definition) is 3. The van der Waals surface area contributed by atoms with Gasteiger partial charge in [-0.3, -0.25) is 4.79 Å². The molecule has 1 atom stereocenters. The highest BCUT2D eigenvalue weighted by molar-refractivity contribution is 6.07. The van der Waals surface area contributed by atoms with Gasteiger partial charge in [0.2, 0.25) is 0 Å². The number of H-pyrrole nitrogens is 1. The number of carbonyl (C=O) groups excluding carboxylic acids is 1. The predicted octanol–water partition coefficient (Wildman–Crippen LogP) is 1.77. The van der Waals surface area contributed by atoms with E-state index in [4.69, 9.17) is 11.5 Å². The largest absolute Gasteiger partial charge is 0.366 e. The average Bonchev–Trinajstić information content (AvgIpc) is 2.95. The quantitative estimate of drug-likeness (QED) is 0.748. The lowest BCUT2D eigenvalue weighted by atomic mass is 9.98. The maximum Gasteiger partial charge on any atom is 0.250 e. The van der Waals surface area contributed by atoms with Crippen LogP contribution < -0.4 is 11.5 Å². The van der Waals surface area contributed by atoms with E-state index in [9.17, 15) is 4.79 Å². The Balaban J connectivity index is 2.18. The second-order valence-electron chi connectivity index (χ2n) is 4.72. The number of carbonyl (C=O) groups is 1. The fraction of sp³-hybridized carbons (Fsp3) is 0.214.